The van der Waals surface area contributed by atoms with Crippen molar-refractivity contribution in [2.45, 2.75) is 76.6 Å². The molecule has 0 spiro atoms. The third-order valence-electron chi connectivity index (χ3n) is 4.81. The molecule has 1 saturated heterocycles. The minimum Gasteiger partial charge on any atom is -0.444 e. The lowest BCUT2D eigenvalue weighted by atomic mass is 9.97. The van der Waals surface area contributed by atoms with E-state index in [9.17, 15) is 9.59 Å². The van der Waals surface area contributed by atoms with Crippen LogP contribution in [0.15, 0.2) is 18.2 Å². The summed E-state index contributed by atoms with van der Waals surface area (Å²) in [7, 11) is 0. The maximum atomic E-state index is 13.2. The molecule has 0 aliphatic carbocycles. The molecule has 0 radical (unpaired) electrons. The fourth-order valence-electron chi connectivity index (χ4n) is 3.85. The van der Waals surface area contributed by atoms with E-state index in [1.54, 1.807) is 9.80 Å². The molecule has 3 rings (SSSR count). The number of nitrogens with zero attached hydrogens (tertiary/aromatic N) is 2. The molecule has 0 bridgehead atoms. The standard InChI is InChI=1S/C21H29BrN2O4/c1-13-9-8-10-14-15(13)24(18(26)28-20(5,6)7)16-21(14,22)11-12-23(16)17(25)27-19(2,3)4/h8-10,16H,11-12H2,1-7H3/t16-,21-/m1/s1. The first-order chi connectivity index (χ1) is 12.7. The third kappa shape index (κ3) is 3.61. The van der Waals surface area contributed by atoms with Gasteiger partial charge >= 0.3 is 12.2 Å². The van der Waals surface area contributed by atoms with E-state index < -0.39 is 33.9 Å². The first kappa shape index (κ1) is 21.0. The Morgan fingerprint density at radius 3 is 2.21 bits per heavy atom. The summed E-state index contributed by atoms with van der Waals surface area (Å²) in [6.07, 6.45) is -0.775. The van der Waals surface area contributed by atoms with Crippen LogP contribution in [0.3, 0.4) is 0 Å². The van der Waals surface area contributed by atoms with Crippen LogP contribution in [-0.4, -0.2) is 41.0 Å². The molecular weight excluding hydrogens is 424 g/mol. The number of amides is 2. The number of hydrogen-bond acceptors (Lipinski definition) is 4. The van der Waals surface area contributed by atoms with Crippen molar-refractivity contribution in [2.24, 2.45) is 0 Å². The number of likely N-dealkylation sites (tertiary alicyclic amines) is 1. The summed E-state index contributed by atoms with van der Waals surface area (Å²) >= 11 is 3.88. The molecule has 0 N–H and O–H groups in total. The predicted molar refractivity (Wildman–Crippen MR) is 112 cm³/mol. The van der Waals surface area contributed by atoms with Gasteiger partial charge < -0.3 is 9.47 Å². The number of hydrogen-bond donors (Lipinski definition) is 0. The van der Waals surface area contributed by atoms with Crippen LogP contribution in [-0.2, 0) is 13.8 Å². The Kier molecular flexibility index (Phi) is 4.97. The number of alkyl halides is 1. The van der Waals surface area contributed by atoms with E-state index >= 15 is 0 Å². The van der Waals surface area contributed by atoms with Gasteiger partial charge in [-0.3, -0.25) is 9.80 Å². The zero-order valence-corrected chi connectivity index (χ0v) is 19.2. The second-order valence-electron chi connectivity index (χ2n) is 9.48. The average Bonchev–Trinajstić information content (AvgIpc) is 2.96. The van der Waals surface area contributed by atoms with Gasteiger partial charge in [0.1, 0.15) is 17.4 Å². The van der Waals surface area contributed by atoms with Crippen LogP contribution in [0.2, 0.25) is 0 Å². The molecule has 1 aromatic carbocycles. The highest BCUT2D eigenvalue weighted by atomic mass is 79.9. The molecule has 2 aliphatic rings. The molecule has 0 aromatic heterocycles. The van der Waals surface area contributed by atoms with Crippen LogP contribution in [0.25, 0.3) is 0 Å². The van der Waals surface area contributed by atoms with E-state index in [1.165, 1.54) is 0 Å². The van der Waals surface area contributed by atoms with Crippen molar-refractivity contribution in [3.8, 4) is 0 Å². The van der Waals surface area contributed by atoms with Gasteiger partial charge in [-0.1, -0.05) is 34.1 Å². The molecular formula is C21H29BrN2O4. The first-order valence-electron chi connectivity index (χ1n) is 9.55. The minimum absolute atomic E-state index is 0.433. The van der Waals surface area contributed by atoms with E-state index in [-0.39, 0.29) is 0 Å². The topological polar surface area (TPSA) is 59.1 Å². The summed E-state index contributed by atoms with van der Waals surface area (Å²) in [5, 5.41) is 0. The van der Waals surface area contributed by atoms with Gasteiger partial charge in [0, 0.05) is 6.54 Å². The first-order valence-corrected chi connectivity index (χ1v) is 10.3. The number of benzene rings is 1. The molecule has 0 unspecified atom stereocenters. The molecule has 0 saturated carbocycles. The Morgan fingerprint density at radius 2 is 1.64 bits per heavy atom. The maximum Gasteiger partial charge on any atom is 0.416 e. The summed E-state index contributed by atoms with van der Waals surface area (Å²) in [6.45, 7) is 13.5. The number of ether oxygens (including phenoxy) is 2. The summed E-state index contributed by atoms with van der Waals surface area (Å²) in [4.78, 5) is 29.4. The lowest BCUT2D eigenvalue weighted by molar-refractivity contribution is 0.0197. The van der Waals surface area contributed by atoms with E-state index in [0.29, 0.717) is 13.0 Å². The molecule has 1 fully saturated rings. The van der Waals surface area contributed by atoms with Crippen molar-refractivity contribution in [1.29, 1.82) is 0 Å². The zero-order valence-electron chi connectivity index (χ0n) is 17.6. The van der Waals surface area contributed by atoms with E-state index in [1.807, 2.05) is 66.7 Å². The maximum absolute atomic E-state index is 13.2. The molecule has 6 nitrogen and oxygen atoms in total. The highest BCUT2D eigenvalue weighted by Crippen LogP contribution is 2.57. The summed E-state index contributed by atoms with van der Waals surface area (Å²) in [5.74, 6) is 0. The van der Waals surface area contributed by atoms with Crippen LogP contribution >= 0.6 is 15.9 Å². The van der Waals surface area contributed by atoms with Crippen LogP contribution < -0.4 is 4.90 Å². The quantitative estimate of drug-likeness (QED) is 0.500. The second-order valence-corrected chi connectivity index (χ2v) is 10.9. The van der Waals surface area contributed by atoms with Crippen LogP contribution in [0.4, 0.5) is 15.3 Å². The van der Waals surface area contributed by atoms with Gasteiger partial charge in [-0.05, 0) is 66.0 Å². The van der Waals surface area contributed by atoms with Gasteiger partial charge in [0.15, 0.2) is 0 Å². The largest absolute Gasteiger partial charge is 0.444 e. The van der Waals surface area contributed by atoms with E-state index in [0.717, 1.165) is 16.8 Å². The van der Waals surface area contributed by atoms with Gasteiger partial charge in [0.2, 0.25) is 0 Å². The molecule has 2 aliphatic heterocycles. The Labute approximate surface area is 175 Å². The molecule has 28 heavy (non-hydrogen) atoms. The molecule has 2 amide bonds. The fourth-order valence-corrected chi connectivity index (χ4v) is 4.80. The number of carbonyl (C=O) groups excluding carboxylic acids is 2. The van der Waals surface area contributed by atoms with Gasteiger partial charge in [0.25, 0.3) is 0 Å². The van der Waals surface area contributed by atoms with Gasteiger partial charge in [0.05, 0.1) is 10.0 Å². The number of anilines is 1. The Morgan fingerprint density at radius 1 is 1.07 bits per heavy atom. The van der Waals surface area contributed by atoms with Crippen LogP contribution in [0.5, 0.6) is 0 Å². The van der Waals surface area contributed by atoms with Gasteiger partial charge in [-0.2, -0.15) is 0 Å². The number of aryl methyl sites for hydroxylation is 1. The Hall–Kier alpha value is -1.76. The van der Waals surface area contributed by atoms with E-state index in [2.05, 4.69) is 15.9 Å². The van der Waals surface area contributed by atoms with Crippen molar-refractivity contribution in [3.63, 3.8) is 0 Å². The number of para-hydroxylation sites is 1. The van der Waals surface area contributed by atoms with E-state index in [4.69, 9.17) is 9.47 Å². The molecule has 1 aromatic rings. The van der Waals surface area contributed by atoms with Crippen LogP contribution in [0.1, 0.15) is 59.1 Å². The number of fused-ring (bicyclic) bond motifs is 3. The Balaban J connectivity index is 2.07. The Bertz CT molecular complexity index is 812. The SMILES string of the molecule is Cc1cccc2c1N(C(=O)OC(C)(C)C)[C@H]1N(C(=O)OC(C)(C)C)CC[C@@]21Br. The minimum atomic E-state index is -0.646. The second kappa shape index (κ2) is 6.65. The molecule has 2 atom stereocenters. The number of rotatable bonds is 0. The zero-order chi connectivity index (χ0) is 21.1. The van der Waals surface area contributed by atoms with Crippen molar-refractivity contribution >= 4 is 33.8 Å². The lowest BCUT2D eigenvalue weighted by Gasteiger charge is -2.36. The van der Waals surface area contributed by atoms with Crippen LogP contribution in [0, 0.1) is 6.92 Å². The van der Waals surface area contributed by atoms with Crippen molar-refractivity contribution in [2.75, 3.05) is 11.4 Å². The summed E-state index contributed by atoms with van der Waals surface area (Å²) in [5.41, 5.74) is 1.49. The highest BCUT2D eigenvalue weighted by Gasteiger charge is 2.60. The van der Waals surface area contributed by atoms with Crippen molar-refractivity contribution in [1.82, 2.24) is 4.90 Å². The normalized spacial score (nSPS) is 24.1. The van der Waals surface area contributed by atoms with Gasteiger partial charge in [-0.25, -0.2) is 9.59 Å². The van der Waals surface area contributed by atoms with Gasteiger partial charge in [-0.15, -0.1) is 0 Å². The molecule has 2 heterocycles. The lowest BCUT2D eigenvalue weighted by Crippen LogP contribution is -2.54. The summed E-state index contributed by atoms with van der Waals surface area (Å²) in [6, 6.07) is 5.95. The number of halogens is 1. The smallest absolute Gasteiger partial charge is 0.416 e. The summed E-state index contributed by atoms with van der Waals surface area (Å²) < 4.78 is 10.8. The monoisotopic (exact) mass is 452 g/mol. The molecule has 154 valence electrons. The molecule has 7 heteroatoms. The highest BCUT2D eigenvalue weighted by molar-refractivity contribution is 9.09. The van der Waals surface area contributed by atoms with Crippen molar-refractivity contribution < 1.29 is 19.1 Å². The predicted octanol–water partition coefficient (Wildman–Crippen LogP) is 5.31. The van der Waals surface area contributed by atoms with Crippen molar-refractivity contribution in [3.05, 3.63) is 29.3 Å². The number of carbonyl (C=O) groups is 2. The third-order valence-corrected chi connectivity index (χ3v) is 6.04. The fraction of sp³-hybridized carbons (Fsp3) is 0.619. The average molecular weight is 453 g/mol.